The van der Waals surface area contributed by atoms with E-state index in [4.69, 9.17) is 15.3 Å². The second-order valence-electron chi connectivity index (χ2n) is 13.5. The number of carbonyl (C=O) groups is 3. The molecule has 0 aromatic heterocycles. The number of rotatable bonds is 15. The molecule has 220 valence electrons. The van der Waals surface area contributed by atoms with Crippen molar-refractivity contribution in [2.24, 2.45) is 16.2 Å². The maximum atomic E-state index is 10.2. The van der Waals surface area contributed by atoms with Crippen molar-refractivity contribution in [3.63, 3.8) is 0 Å². The van der Waals surface area contributed by atoms with E-state index in [0.29, 0.717) is 35.5 Å². The van der Waals surface area contributed by atoms with E-state index in [-0.39, 0.29) is 41.7 Å². The topological polar surface area (TPSA) is 112 Å². The van der Waals surface area contributed by atoms with Gasteiger partial charge in [-0.1, -0.05) is 101 Å². The van der Waals surface area contributed by atoms with E-state index in [1.807, 2.05) is 0 Å². The monoisotopic (exact) mass is 656 g/mol. The molecule has 6 nitrogen and oxygen atoms in total. The second kappa shape index (κ2) is 24.8. The molecule has 0 aliphatic carbocycles. The predicted molar refractivity (Wildman–Crippen MR) is 151 cm³/mol. The number of unbranched alkanes of at least 4 members (excludes halogenated alkanes) is 6. The Kier molecular flexibility index (Phi) is 29.4. The molecule has 0 heterocycles. The molecular formula is C30H60CeO6. The Morgan fingerprint density at radius 2 is 0.595 bits per heavy atom. The fourth-order valence-electron chi connectivity index (χ4n) is 3.32. The van der Waals surface area contributed by atoms with E-state index in [2.05, 4.69) is 62.3 Å². The van der Waals surface area contributed by atoms with Crippen LogP contribution in [0.25, 0.3) is 0 Å². The van der Waals surface area contributed by atoms with Crippen molar-refractivity contribution in [3.05, 3.63) is 0 Å². The Hall–Kier alpha value is -0.213. The average Bonchev–Trinajstić information content (AvgIpc) is 2.65. The predicted octanol–water partition coefficient (Wildman–Crippen LogP) is 9.20. The summed E-state index contributed by atoms with van der Waals surface area (Å²) in [6.45, 7) is 19.9. The van der Waals surface area contributed by atoms with Gasteiger partial charge in [0.15, 0.2) is 0 Å². The Bertz CT molecular complexity index is 487. The van der Waals surface area contributed by atoms with Gasteiger partial charge in [-0.25, -0.2) is 0 Å². The van der Waals surface area contributed by atoms with Gasteiger partial charge in [-0.05, 0) is 54.8 Å². The van der Waals surface area contributed by atoms with E-state index < -0.39 is 17.9 Å². The van der Waals surface area contributed by atoms with Gasteiger partial charge in [0, 0.05) is 61.0 Å². The summed E-state index contributed by atoms with van der Waals surface area (Å²) in [5, 5.41) is 25.1. The van der Waals surface area contributed by atoms with E-state index in [1.54, 1.807) is 0 Å². The quantitative estimate of drug-likeness (QED) is 0.152. The van der Waals surface area contributed by atoms with Gasteiger partial charge in [-0.2, -0.15) is 0 Å². The Labute approximate surface area is 262 Å². The minimum Gasteiger partial charge on any atom is -0.481 e. The summed E-state index contributed by atoms with van der Waals surface area (Å²) in [5.74, 6) is -2.03. The Morgan fingerprint density at radius 1 is 0.405 bits per heavy atom. The number of hydrogen-bond donors (Lipinski definition) is 3. The molecule has 0 saturated carbocycles. The molecule has 0 radical (unpaired) electrons. The van der Waals surface area contributed by atoms with Gasteiger partial charge >= 0.3 is 17.9 Å². The summed E-state index contributed by atoms with van der Waals surface area (Å²) in [7, 11) is 0. The zero-order valence-electron chi connectivity index (χ0n) is 25.7. The molecule has 0 aromatic carbocycles. The normalized spacial score (nSPS) is 11.3. The zero-order valence-corrected chi connectivity index (χ0v) is 28.8. The van der Waals surface area contributed by atoms with Crippen molar-refractivity contribution in [2.75, 3.05) is 0 Å². The third kappa shape index (κ3) is 56.9. The first-order valence-corrected chi connectivity index (χ1v) is 13.9. The van der Waals surface area contributed by atoms with Crippen LogP contribution in [-0.2, 0) is 14.4 Å². The molecule has 0 atom stereocenters. The molecule has 0 saturated heterocycles. The zero-order chi connectivity index (χ0) is 28.8. The summed E-state index contributed by atoms with van der Waals surface area (Å²) < 4.78 is 0. The summed E-state index contributed by atoms with van der Waals surface area (Å²) in [4.78, 5) is 30.5. The van der Waals surface area contributed by atoms with Crippen LogP contribution in [0.1, 0.15) is 159 Å². The molecule has 0 aromatic rings. The van der Waals surface area contributed by atoms with Crippen LogP contribution >= 0.6 is 0 Å². The molecule has 0 fully saturated rings. The van der Waals surface area contributed by atoms with Crippen LogP contribution in [-0.4, -0.2) is 33.2 Å². The summed E-state index contributed by atoms with van der Waals surface area (Å²) in [6.07, 6.45) is 13.6. The standard InChI is InChI=1S/3C10H20O2.Ce/c3*1-10(2,3)8-6-4-5-7-9(11)12;/h3*4-8H2,1-3H3,(H,11,12);. The van der Waals surface area contributed by atoms with Crippen molar-refractivity contribution in [1.29, 1.82) is 0 Å². The van der Waals surface area contributed by atoms with Gasteiger partial charge in [-0.3, -0.25) is 14.4 Å². The van der Waals surface area contributed by atoms with Gasteiger partial charge in [-0.15, -0.1) is 0 Å². The summed E-state index contributed by atoms with van der Waals surface area (Å²) in [5.41, 5.74) is 1.18. The number of aliphatic carboxylic acids is 3. The van der Waals surface area contributed by atoms with E-state index in [9.17, 15) is 14.4 Å². The Balaban J connectivity index is -0.000000218. The molecule has 0 bridgehead atoms. The van der Waals surface area contributed by atoms with Crippen LogP contribution in [0, 0.1) is 58.0 Å². The maximum Gasteiger partial charge on any atom is 0.303 e. The third-order valence-corrected chi connectivity index (χ3v) is 5.45. The van der Waals surface area contributed by atoms with Crippen molar-refractivity contribution < 1.29 is 71.5 Å². The van der Waals surface area contributed by atoms with Crippen LogP contribution in [0.15, 0.2) is 0 Å². The van der Waals surface area contributed by atoms with Gasteiger partial charge in [0.2, 0.25) is 0 Å². The largest absolute Gasteiger partial charge is 0.481 e. The first-order chi connectivity index (χ1) is 16.2. The minimum atomic E-state index is -0.675. The smallest absolute Gasteiger partial charge is 0.303 e. The fraction of sp³-hybridized carbons (Fsp3) is 0.900. The van der Waals surface area contributed by atoms with Crippen molar-refractivity contribution in [3.8, 4) is 0 Å². The third-order valence-electron chi connectivity index (χ3n) is 5.45. The van der Waals surface area contributed by atoms with Crippen LogP contribution < -0.4 is 0 Å². The molecule has 0 aliphatic rings. The summed E-state index contributed by atoms with van der Waals surface area (Å²) in [6, 6.07) is 0. The first-order valence-electron chi connectivity index (χ1n) is 13.9. The molecule has 7 heteroatoms. The molecule has 3 N–H and O–H groups in total. The summed E-state index contributed by atoms with van der Waals surface area (Å²) >= 11 is 0. The van der Waals surface area contributed by atoms with E-state index >= 15 is 0 Å². The average molecular weight is 657 g/mol. The van der Waals surface area contributed by atoms with Gasteiger partial charge in [0.25, 0.3) is 0 Å². The maximum absolute atomic E-state index is 10.2. The fourth-order valence-corrected chi connectivity index (χ4v) is 3.32. The van der Waals surface area contributed by atoms with Crippen molar-refractivity contribution in [1.82, 2.24) is 0 Å². The van der Waals surface area contributed by atoms with Crippen LogP contribution in [0.2, 0.25) is 0 Å². The molecular weight excluding hydrogens is 596 g/mol. The number of carboxylic acids is 3. The van der Waals surface area contributed by atoms with E-state index in [0.717, 1.165) is 57.8 Å². The van der Waals surface area contributed by atoms with Crippen LogP contribution in [0.4, 0.5) is 0 Å². The first kappa shape index (κ1) is 43.8. The van der Waals surface area contributed by atoms with Crippen molar-refractivity contribution >= 4 is 17.9 Å². The van der Waals surface area contributed by atoms with Gasteiger partial charge < -0.3 is 15.3 Å². The molecule has 0 spiro atoms. The van der Waals surface area contributed by atoms with Gasteiger partial charge in [0.05, 0.1) is 0 Å². The Morgan fingerprint density at radius 3 is 0.730 bits per heavy atom. The van der Waals surface area contributed by atoms with Gasteiger partial charge in [0.1, 0.15) is 0 Å². The SMILES string of the molecule is CC(C)(C)CCCCCC(=O)O.CC(C)(C)CCCCCC(=O)O.CC(C)(C)CCCCCC(=O)O.[Ce]. The van der Waals surface area contributed by atoms with Crippen molar-refractivity contribution in [2.45, 2.75) is 159 Å². The molecule has 0 amide bonds. The number of hydrogen-bond acceptors (Lipinski definition) is 3. The van der Waals surface area contributed by atoms with E-state index in [1.165, 1.54) is 19.3 Å². The molecule has 0 unspecified atom stereocenters. The van der Waals surface area contributed by atoms with Crippen LogP contribution in [0.3, 0.4) is 0 Å². The molecule has 0 aliphatic heterocycles. The second-order valence-corrected chi connectivity index (χ2v) is 13.5. The number of carboxylic acid groups (broad SMARTS) is 3. The van der Waals surface area contributed by atoms with Crippen LogP contribution in [0.5, 0.6) is 0 Å². The molecule has 37 heavy (non-hydrogen) atoms. The molecule has 0 rings (SSSR count). The minimum absolute atomic E-state index is 0.